The summed E-state index contributed by atoms with van der Waals surface area (Å²) in [5.74, 6) is 1.13. The van der Waals surface area contributed by atoms with Gasteiger partial charge in [-0.2, -0.15) is 0 Å². The van der Waals surface area contributed by atoms with E-state index in [4.69, 9.17) is 4.42 Å². The van der Waals surface area contributed by atoms with E-state index in [-0.39, 0.29) is 0 Å². The number of hydrogen-bond donors (Lipinski definition) is 0. The Morgan fingerprint density at radius 2 is 1.79 bits per heavy atom. The van der Waals surface area contributed by atoms with Crippen LogP contribution < -0.4 is 0 Å². The van der Waals surface area contributed by atoms with E-state index in [2.05, 4.69) is 54.6 Å². The average Bonchev–Trinajstić information content (AvgIpc) is 2.87. The molecule has 0 unspecified atom stereocenters. The fourth-order valence-electron chi connectivity index (χ4n) is 2.82. The zero-order chi connectivity index (χ0) is 12.7. The Morgan fingerprint density at radius 3 is 2.68 bits per heavy atom. The first-order chi connectivity index (χ1) is 9.43. The first-order valence-corrected chi connectivity index (χ1v) is 6.70. The number of rotatable bonds is 1. The van der Waals surface area contributed by atoms with Crippen LogP contribution in [0.25, 0.3) is 28.2 Å². The molecule has 3 aromatic rings. The third-order valence-electron chi connectivity index (χ3n) is 3.74. The van der Waals surface area contributed by atoms with Gasteiger partial charge in [-0.05, 0) is 12.0 Å². The Kier molecular flexibility index (Phi) is 2.31. The van der Waals surface area contributed by atoms with Crippen LogP contribution in [0.3, 0.4) is 0 Å². The maximum absolute atomic E-state index is 6.12. The van der Waals surface area contributed by atoms with Gasteiger partial charge in [0.25, 0.3) is 0 Å². The van der Waals surface area contributed by atoms with Crippen molar-refractivity contribution in [2.24, 2.45) is 0 Å². The largest absolute Gasteiger partial charge is 0.460 e. The second-order valence-electron chi connectivity index (χ2n) is 4.93. The van der Waals surface area contributed by atoms with Gasteiger partial charge < -0.3 is 4.42 Å². The van der Waals surface area contributed by atoms with E-state index < -0.39 is 0 Å². The molecule has 0 fully saturated rings. The lowest BCUT2D eigenvalue weighted by Crippen LogP contribution is -1.87. The van der Waals surface area contributed by atoms with Gasteiger partial charge in [0.15, 0.2) is 0 Å². The number of fused-ring (bicyclic) bond motifs is 3. The summed E-state index contributed by atoms with van der Waals surface area (Å²) < 4.78 is 6.12. The highest BCUT2D eigenvalue weighted by Crippen LogP contribution is 2.36. The van der Waals surface area contributed by atoms with Crippen LogP contribution in [0.5, 0.6) is 0 Å². The van der Waals surface area contributed by atoms with E-state index in [9.17, 15) is 0 Å². The van der Waals surface area contributed by atoms with Crippen molar-refractivity contribution in [2.75, 3.05) is 0 Å². The summed E-state index contributed by atoms with van der Waals surface area (Å²) in [6.45, 7) is 0. The summed E-state index contributed by atoms with van der Waals surface area (Å²) in [4.78, 5) is 0. The van der Waals surface area contributed by atoms with E-state index in [1.54, 1.807) is 0 Å². The molecular weight excluding hydrogens is 232 g/mol. The Morgan fingerprint density at radius 1 is 0.895 bits per heavy atom. The normalized spacial score (nSPS) is 13.7. The molecule has 0 saturated carbocycles. The maximum atomic E-state index is 6.12. The van der Waals surface area contributed by atoms with Gasteiger partial charge in [-0.15, -0.1) is 0 Å². The van der Waals surface area contributed by atoms with E-state index in [1.807, 2.05) is 6.07 Å². The van der Waals surface area contributed by atoms with Crippen molar-refractivity contribution in [2.45, 2.75) is 12.8 Å². The lowest BCUT2D eigenvalue weighted by Gasteiger charge is -2.02. The summed E-state index contributed by atoms with van der Waals surface area (Å²) >= 11 is 0. The minimum Gasteiger partial charge on any atom is -0.460 e. The average molecular weight is 246 g/mol. The fourth-order valence-corrected chi connectivity index (χ4v) is 2.82. The number of allylic oxidation sites excluding steroid dienone is 1. The van der Waals surface area contributed by atoms with Crippen LogP contribution in [0.2, 0.25) is 0 Å². The molecule has 1 aliphatic rings. The molecule has 0 spiro atoms. The predicted molar refractivity (Wildman–Crippen MR) is 79.0 cm³/mol. The van der Waals surface area contributed by atoms with Crippen LogP contribution >= 0.6 is 0 Å². The Hall–Kier alpha value is -2.28. The number of hydrogen-bond acceptors (Lipinski definition) is 1. The summed E-state index contributed by atoms with van der Waals surface area (Å²) in [5, 5.41) is 1.23. The summed E-state index contributed by atoms with van der Waals surface area (Å²) in [5.41, 5.74) is 4.67. The van der Waals surface area contributed by atoms with Gasteiger partial charge >= 0.3 is 0 Å². The van der Waals surface area contributed by atoms with Crippen LogP contribution in [-0.4, -0.2) is 0 Å². The predicted octanol–water partition coefficient (Wildman–Crippen LogP) is 5.06. The molecule has 92 valence electrons. The van der Waals surface area contributed by atoms with E-state index in [0.717, 1.165) is 24.2 Å². The number of furan rings is 1. The molecule has 4 rings (SSSR count). The number of benzene rings is 2. The molecule has 0 N–H and O–H groups in total. The van der Waals surface area contributed by atoms with E-state index in [0.29, 0.717) is 0 Å². The topological polar surface area (TPSA) is 13.1 Å². The molecule has 0 radical (unpaired) electrons. The summed E-state index contributed by atoms with van der Waals surface area (Å²) in [6.07, 6.45) is 6.51. The molecule has 0 atom stereocenters. The van der Waals surface area contributed by atoms with Gasteiger partial charge in [0.2, 0.25) is 0 Å². The maximum Gasteiger partial charge on any atom is 0.142 e. The quantitative estimate of drug-likeness (QED) is 0.585. The van der Waals surface area contributed by atoms with Gasteiger partial charge in [-0.1, -0.05) is 60.7 Å². The summed E-state index contributed by atoms with van der Waals surface area (Å²) in [7, 11) is 0. The van der Waals surface area contributed by atoms with Gasteiger partial charge in [0.05, 0.1) is 0 Å². The van der Waals surface area contributed by atoms with Crippen molar-refractivity contribution in [3.8, 4) is 11.1 Å². The second kappa shape index (κ2) is 4.13. The van der Waals surface area contributed by atoms with Crippen molar-refractivity contribution in [1.29, 1.82) is 0 Å². The molecule has 1 aliphatic carbocycles. The molecule has 0 amide bonds. The standard InChI is InChI=1S/C18H14O/c1-2-7-13(8-3-1)14-10-6-11-16-15-9-4-5-12-17(15)19-18(14)16/h1-4,6-11H,5,12H2. The van der Waals surface area contributed by atoms with Gasteiger partial charge in [0.1, 0.15) is 11.3 Å². The first-order valence-electron chi connectivity index (χ1n) is 6.70. The lowest BCUT2D eigenvalue weighted by molar-refractivity contribution is 0.547. The van der Waals surface area contributed by atoms with Crippen molar-refractivity contribution in [3.63, 3.8) is 0 Å². The van der Waals surface area contributed by atoms with Crippen LogP contribution in [0, 0.1) is 0 Å². The van der Waals surface area contributed by atoms with Gasteiger partial charge in [-0.25, -0.2) is 0 Å². The molecule has 0 bridgehead atoms. The van der Waals surface area contributed by atoms with Crippen LogP contribution in [0.15, 0.2) is 59.0 Å². The zero-order valence-corrected chi connectivity index (χ0v) is 10.6. The number of para-hydroxylation sites is 1. The molecule has 1 heteroatoms. The highest BCUT2D eigenvalue weighted by molar-refractivity contribution is 5.98. The van der Waals surface area contributed by atoms with Gasteiger partial charge in [-0.3, -0.25) is 0 Å². The Labute approximate surface area is 112 Å². The third-order valence-corrected chi connectivity index (χ3v) is 3.74. The van der Waals surface area contributed by atoms with Crippen LogP contribution in [-0.2, 0) is 6.42 Å². The lowest BCUT2D eigenvalue weighted by atomic mass is 9.99. The molecule has 0 saturated heterocycles. The third kappa shape index (κ3) is 1.62. The smallest absolute Gasteiger partial charge is 0.142 e. The highest BCUT2D eigenvalue weighted by Gasteiger charge is 2.16. The van der Waals surface area contributed by atoms with Crippen molar-refractivity contribution >= 4 is 17.0 Å². The Bertz CT molecular complexity index is 763. The molecule has 1 heterocycles. The molecule has 1 nitrogen and oxygen atoms in total. The van der Waals surface area contributed by atoms with Crippen molar-refractivity contribution in [3.05, 3.63) is 65.9 Å². The molecular formula is C18H14O. The minimum absolute atomic E-state index is 1.01. The SMILES string of the molecule is C1=Cc2c(oc3c(-c4ccccc4)cccc23)CC1. The monoisotopic (exact) mass is 246 g/mol. The molecule has 1 aromatic heterocycles. The van der Waals surface area contributed by atoms with Crippen molar-refractivity contribution in [1.82, 2.24) is 0 Å². The number of aryl methyl sites for hydroxylation is 1. The van der Waals surface area contributed by atoms with E-state index in [1.165, 1.54) is 22.1 Å². The molecule has 2 aromatic carbocycles. The molecule has 19 heavy (non-hydrogen) atoms. The second-order valence-corrected chi connectivity index (χ2v) is 4.93. The Balaban J connectivity index is 2.03. The minimum atomic E-state index is 1.01. The first kappa shape index (κ1) is 10.6. The highest BCUT2D eigenvalue weighted by atomic mass is 16.3. The van der Waals surface area contributed by atoms with Gasteiger partial charge in [0, 0.05) is 22.9 Å². The summed E-state index contributed by atoms with van der Waals surface area (Å²) in [6, 6.07) is 16.8. The molecule has 0 aliphatic heterocycles. The van der Waals surface area contributed by atoms with Crippen LogP contribution in [0.4, 0.5) is 0 Å². The van der Waals surface area contributed by atoms with Crippen molar-refractivity contribution < 1.29 is 4.42 Å². The van der Waals surface area contributed by atoms with Crippen LogP contribution in [0.1, 0.15) is 17.7 Å². The fraction of sp³-hybridized carbons (Fsp3) is 0.111. The van der Waals surface area contributed by atoms with E-state index >= 15 is 0 Å². The zero-order valence-electron chi connectivity index (χ0n) is 10.6.